The van der Waals surface area contributed by atoms with Gasteiger partial charge in [-0.25, -0.2) is 0 Å². The Bertz CT molecular complexity index is 374. The molecule has 1 heteroatoms. The lowest BCUT2D eigenvalue weighted by Crippen LogP contribution is -1.98. The smallest absolute Gasteiger partial charge is 0.0157 e. The van der Waals surface area contributed by atoms with Crippen molar-refractivity contribution in [2.24, 2.45) is 0 Å². The highest BCUT2D eigenvalue weighted by Crippen LogP contribution is 2.45. The molecule has 0 saturated heterocycles. The fourth-order valence-corrected chi connectivity index (χ4v) is 2.99. The van der Waals surface area contributed by atoms with Crippen LogP contribution >= 0.6 is 7.92 Å². The van der Waals surface area contributed by atoms with Crippen LogP contribution in [0, 0.1) is 0 Å². The van der Waals surface area contributed by atoms with Crippen LogP contribution in [0.5, 0.6) is 0 Å². The van der Waals surface area contributed by atoms with Crippen LogP contribution in [0.15, 0.2) is 79.4 Å². The minimum Gasteiger partial charge on any atom is -0.0990 e. The van der Waals surface area contributed by atoms with Gasteiger partial charge in [0.1, 0.15) is 0 Å². The molecule has 1 rings (SSSR count). The van der Waals surface area contributed by atoms with Crippen LogP contribution in [0.2, 0.25) is 0 Å². The van der Waals surface area contributed by atoms with Gasteiger partial charge in [-0.15, -0.1) is 0 Å². The predicted octanol–water partition coefficient (Wildman–Crippen LogP) is 4.19. The molecule has 0 aliphatic carbocycles. The molecule has 1 aromatic rings. The van der Waals surface area contributed by atoms with Gasteiger partial charge in [0.25, 0.3) is 0 Å². The molecule has 0 fully saturated rings. The molecule has 1 aromatic carbocycles. The number of hydrogen-bond acceptors (Lipinski definition) is 0. The van der Waals surface area contributed by atoms with Gasteiger partial charge < -0.3 is 0 Å². The van der Waals surface area contributed by atoms with E-state index in [1.807, 2.05) is 36.2 Å². The van der Waals surface area contributed by atoms with E-state index in [0.717, 1.165) is 0 Å². The van der Waals surface area contributed by atoms with Crippen molar-refractivity contribution in [1.82, 2.24) is 0 Å². The molecule has 0 aliphatic heterocycles. The van der Waals surface area contributed by atoms with Gasteiger partial charge in [-0.05, 0) is 18.5 Å². The first kappa shape index (κ1) is 11.7. The standard InChI is InChI=1S/C14H15P/c1-4-10-13(5-2)15(6-3)14-11-8-7-9-12-14/h4-12H,1-3H2/b13-10+. The van der Waals surface area contributed by atoms with Crippen molar-refractivity contribution in [3.63, 3.8) is 0 Å². The van der Waals surface area contributed by atoms with Gasteiger partial charge in [0.05, 0.1) is 0 Å². The third-order valence-corrected chi connectivity index (χ3v) is 4.10. The molecule has 1 atom stereocenters. The van der Waals surface area contributed by atoms with Crippen LogP contribution in [0.1, 0.15) is 0 Å². The molecule has 0 amide bonds. The largest absolute Gasteiger partial charge is 0.0990 e. The zero-order valence-electron chi connectivity index (χ0n) is 8.76. The molecular formula is C14H15P. The number of benzene rings is 1. The average molecular weight is 214 g/mol. The fourth-order valence-electron chi connectivity index (χ4n) is 1.32. The first-order chi connectivity index (χ1) is 7.33. The molecule has 0 aromatic heterocycles. The summed E-state index contributed by atoms with van der Waals surface area (Å²) in [4.78, 5) is 0. The molecule has 0 N–H and O–H groups in total. The summed E-state index contributed by atoms with van der Waals surface area (Å²) in [6, 6.07) is 10.3. The lowest BCUT2D eigenvalue weighted by atomic mass is 10.4. The SMILES string of the molecule is C=C/C=C(\C=C)P(C=C)c1ccccc1. The van der Waals surface area contributed by atoms with E-state index in [2.05, 4.69) is 31.9 Å². The zero-order chi connectivity index (χ0) is 11.1. The second kappa shape index (κ2) is 6.16. The number of rotatable bonds is 5. The lowest BCUT2D eigenvalue weighted by molar-refractivity contribution is 1.76. The first-order valence-corrected chi connectivity index (χ1v) is 6.16. The van der Waals surface area contributed by atoms with E-state index >= 15 is 0 Å². The van der Waals surface area contributed by atoms with Crippen molar-refractivity contribution < 1.29 is 0 Å². The number of allylic oxidation sites excluding steroid dienone is 4. The van der Waals surface area contributed by atoms with Gasteiger partial charge in [0.2, 0.25) is 0 Å². The first-order valence-electron chi connectivity index (χ1n) is 4.75. The maximum atomic E-state index is 3.89. The van der Waals surface area contributed by atoms with Crippen molar-refractivity contribution in [2.45, 2.75) is 0 Å². The lowest BCUT2D eigenvalue weighted by Gasteiger charge is -2.14. The van der Waals surface area contributed by atoms with Gasteiger partial charge in [-0.3, -0.25) is 0 Å². The molecular weight excluding hydrogens is 199 g/mol. The quantitative estimate of drug-likeness (QED) is 0.509. The molecule has 15 heavy (non-hydrogen) atoms. The maximum Gasteiger partial charge on any atom is -0.0157 e. The Morgan fingerprint density at radius 2 is 1.73 bits per heavy atom. The molecule has 0 nitrogen and oxygen atoms in total. The van der Waals surface area contributed by atoms with E-state index in [1.54, 1.807) is 6.08 Å². The van der Waals surface area contributed by atoms with E-state index in [0.29, 0.717) is 0 Å². The second-order valence-electron chi connectivity index (χ2n) is 2.92. The van der Waals surface area contributed by atoms with Crippen LogP contribution in [-0.4, -0.2) is 0 Å². The fraction of sp³-hybridized carbons (Fsp3) is 0. The predicted molar refractivity (Wildman–Crippen MR) is 71.7 cm³/mol. The molecule has 0 saturated carbocycles. The van der Waals surface area contributed by atoms with Crippen molar-refractivity contribution in [3.05, 3.63) is 79.4 Å². The van der Waals surface area contributed by atoms with Crippen LogP contribution < -0.4 is 5.30 Å². The summed E-state index contributed by atoms with van der Waals surface area (Å²) in [5, 5.41) is 2.47. The maximum absolute atomic E-state index is 3.89. The minimum atomic E-state index is -0.487. The summed E-state index contributed by atoms with van der Waals surface area (Å²) < 4.78 is 0. The summed E-state index contributed by atoms with van der Waals surface area (Å²) in [7, 11) is -0.487. The van der Waals surface area contributed by atoms with Crippen LogP contribution in [-0.2, 0) is 0 Å². The Balaban J connectivity index is 3.08. The summed E-state index contributed by atoms with van der Waals surface area (Å²) in [6.45, 7) is 11.4. The van der Waals surface area contributed by atoms with Crippen LogP contribution in [0.3, 0.4) is 0 Å². The average Bonchev–Trinajstić information content (AvgIpc) is 2.30. The van der Waals surface area contributed by atoms with Gasteiger partial charge >= 0.3 is 0 Å². The Morgan fingerprint density at radius 1 is 1.07 bits per heavy atom. The second-order valence-corrected chi connectivity index (χ2v) is 5.06. The van der Waals surface area contributed by atoms with Gasteiger partial charge in [0.15, 0.2) is 0 Å². The van der Waals surface area contributed by atoms with Gasteiger partial charge in [-0.1, -0.05) is 74.1 Å². The van der Waals surface area contributed by atoms with E-state index in [1.165, 1.54) is 10.6 Å². The Labute approximate surface area is 93.1 Å². The van der Waals surface area contributed by atoms with E-state index in [9.17, 15) is 0 Å². The highest BCUT2D eigenvalue weighted by Gasteiger charge is 2.08. The van der Waals surface area contributed by atoms with E-state index in [4.69, 9.17) is 0 Å². The zero-order valence-corrected chi connectivity index (χ0v) is 9.66. The van der Waals surface area contributed by atoms with Crippen LogP contribution in [0.4, 0.5) is 0 Å². The number of hydrogen-bond donors (Lipinski definition) is 0. The molecule has 1 unspecified atom stereocenters. The van der Waals surface area contributed by atoms with Crippen molar-refractivity contribution >= 4 is 13.2 Å². The van der Waals surface area contributed by atoms with Crippen LogP contribution in [0.25, 0.3) is 0 Å². The molecule has 0 radical (unpaired) electrons. The van der Waals surface area contributed by atoms with Gasteiger partial charge in [0, 0.05) is 0 Å². The summed E-state index contributed by atoms with van der Waals surface area (Å²) in [5.74, 6) is 1.99. The normalized spacial score (nSPS) is 12.9. The molecule has 0 heterocycles. The summed E-state index contributed by atoms with van der Waals surface area (Å²) in [5.41, 5.74) is 0. The van der Waals surface area contributed by atoms with Crippen molar-refractivity contribution in [1.29, 1.82) is 0 Å². The minimum absolute atomic E-state index is 0.487. The van der Waals surface area contributed by atoms with Crippen molar-refractivity contribution in [3.8, 4) is 0 Å². The Morgan fingerprint density at radius 3 is 2.20 bits per heavy atom. The monoisotopic (exact) mass is 214 g/mol. The molecule has 0 spiro atoms. The Hall–Kier alpha value is -1.39. The Kier molecular flexibility index (Phi) is 4.80. The molecule has 0 bridgehead atoms. The highest BCUT2D eigenvalue weighted by molar-refractivity contribution is 7.72. The highest BCUT2D eigenvalue weighted by atomic mass is 31.1. The molecule has 76 valence electrons. The third kappa shape index (κ3) is 3.04. The molecule has 0 aliphatic rings. The van der Waals surface area contributed by atoms with Crippen molar-refractivity contribution in [2.75, 3.05) is 0 Å². The summed E-state index contributed by atoms with van der Waals surface area (Å²) in [6.07, 6.45) is 5.66. The third-order valence-electron chi connectivity index (χ3n) is 1.99. The van der Waals surface area contributed by atoms with E-state index in [-0.39, 0.29) is 0 Å². The topological polar surface area (TPSA) is 0 Å². The van der Waals surface area contributed by atoms with Gasteiger partial charge in [-0.2, -0.15) is 0 Å². The van der Waals surface area contributed by atoms with E-state index < -0.39 is 7.92 Å². The summed E-state index contributed by atoms with van der Waals surface area (Å²) >= 11 is 0.